The Morgan fingerprint density at radius 2 is 1.30 bits per heavy atom. The van der Waals surface area contributed by atoms with E-state index in [2.05, 4.69) is 10.3 Å². The molecule has 0 heterocycles. The maximum Gasteiger partial charge on any atom is 0.295 e. The number of benzene rings is 2. The molecule has 2 rings (SSSR count). The Bertz CT molecular complexity index is 1170. The van der Waals surface area contributed by atoms with Crippen molar-refractivity contribution in [1.82, 2.24) is 5.01 Å². The van der Waals surface area contributed by atoms with Gasteiger partial charge in [-0.3, -0.25) is 13.7 Å². The van der Waals surface area contributed by atoms with E-state index in [0.717, 1.165) is 12.1 Å². The third-order valence-corrected chi connectivity index (χ3v) is 5.20. The van der Waals surface area contributed by atoms with Crippen LogP contribution in [0.25, 0.3) is 10.8 Å². The molecule has 0 amide bonds. The third kappa shape index (κ3) is 6.19. The van der Waals surface area contributed by atoms with Crippen LogP contribution in [0, 0.1) is 0 Å². The lowest BCUT2D eigenvalue weighted by Crippen LogP contribution is -2.29. The van der Waals surface area contributed by atoms with Crippen LogP contribution in [0.1, 0.15) is 0 Å². The Morgan fingerprint density at radius 3 is 1.78 bits per heavy atom. The molecule has 0 aromatic heterocycles. The molecule has 0 aliphatic heterocycles. The quantitative estimate of drug-likeness (QED) is 0.319. The van der Waals surface area contributed by atoms with Crippen LogP contribution in [-0.4, -0.2) is 55.7 Å². The zero-order valence-electron chi connectivity index (χ0n) is 13.2. The molecule has 0 aliphatic rings. The molecule has 0 saturated heterocycles. The minimum absolute atomic E-state index is 0.00803. The number of nitrogens with zero attached hydrogens (tertiary/aromatic N) is 3. The van der Waals surface area contributed by atoms with Gasteiger partial charge in [-0.05, 0) is 12.1 Å². The standard InChI is InChI=1S/C12H13N3O9S3/c16-25(17,18)7-15(8-26(19,20)21)14-13-11-5-6-12(27(22,23)24)10-4-2-1-3-9(10)11/h1-6H,7-8H2,(H,16,17,18)(H,19,20,21)(H,22,23,24). The summed E-state index contributed by atoms with van der Waals surface area (Å²) in [6, 6.07) is 8.03. The van der Waals surface area contributed by atoms with Gasteiger partial charge in [0.05, 0.1) is 5.69 Å². The maximum absolute atomic E-state index is 11.4. The predicted molar refractivity (Wildman–Crippen MR) is 92.9 cm³/mol. The van der Waals surface area contributed by atoms with Crippen molar-refractivity contribution in [2.75, 3.05) is 11.8 Å². The maximum atomic E-state index is 11.4. The molecule has 0 saturated carbocycles. The number of fused-ring (bicyclic) bond motifs is 1. The van der Waals surface area contributed by atoms with Crippen LogP contribution in [0.15, 0.2) is 51.6 Å². The lowest BCUT2D eigenvalue weighted by atomic mass is 10.1. The molecular formula is C12H13N3O9S3. The molecule has 15 heteroatoms. The van der Waals surface area contributed by atoms with Crippen molar-refractivity contribution in [2.45, 2.75) is 4.90 Å². The van der Waals surface area contributed by atoms with Crippen molar-refractivity contribution in [2.24, 2.45) is 10.3 Å². The van der Waals surface area contributed by atoms with Gasteiger partial charge in [-0.25, -0.2) is 5.01 Å². The van der Waals surface area contributed by atoms with Crippen molar-refractivity contribution in [1.29, 1.82) is 0 Å². The summed E-state index contributed by atoms with van der Waals surface area (Å²) in [4.78, 5) is -0.398. The topological polar surface area (TPSA) is 191 Å². The molecular weight excluding hydrogens is 426 g/mol. The van der Waals surface area contributed by atoms with Gasteiger partial charge >= 0.3 is 0 Å². The molecule has 0 fully saturated rings. The summed E-state index contributed by atoms with van der Waals surface area (Å²) in [5.74, 6) is -2.53. The van der Waals surface area contributed by atoms with Crippen molar-refractivity contribution in [3.05, 3.63) is 36.4 Å². The van der Waals surface area contributed by atoms with Crippen LogP contribution in [0.2, 0.25) is 0 Å². The van der Waals surface area contributed by atoms with Crippen LogP contribution < -0.4 is 0 Å². The molecule has 0 spiro atoms. The van der Waals surface area contributed by atoms with Gasteiger partial charge in [0.15, 0.2) is 11.8 Å². The molecule has 2 aromatic carbocycles. The van der Waals surface area contributed by atoms with Crippen molar-refractivity contribution in [3.63, 3.8) is 0 Å². The summed E-state index contributed by atoms with van der Waals surface area (Å²) in [6.45, 7) is 0. The molecule has 0 aliphatic carbocycles. The van der Waals surface area contributed by atoms with E-state index in [4.69, 9.17) is 9.11 Å². The van der Waals surface area contributed by atoms with Crippen LogP contribution in [0.5, 0.6) is 0 Å². The first-order valence-corrected chi connectivity index (χ1v) is 11.5. The Kier molecular flexibility index (Phi) is 5.83. The molecule has 12 nitrogen and oxygen atoms in total. The van der Waals surface area contributed by atoms with Gasteiger partial charge in [-0.2, -0.15) is 25.3 Å². The number of hydrogen-bond acceptors (Lipinski definition) is 8. The van der Waals surface area contributed by atoms with Gasteiger partial charge in [0, 0.05) is 10.8 Å². The largest absolute Gasteiger partial charge is 0.295 e. The SMILES string of the molecule is O=S(=O)(O)CN(CS(=O)(=O)O)N=Nc1ccc(S(=O)(=O)O)c2ccccc12. The first-order valence-electron chi connectivity index (χ1n) is 6.82. The molecule has 0 radical (unpaired) electrons. The highest BCUT2D eigenvalue weighted by atomic mass is 32.2. The highest BCUT2D eigenvalue weighted by Gasteiger charge is 2.19. The van der Waals surface area contributed by atoms with E-state index in [1.807, 2.05) is 0 Å². The smallest absolute Gasteiger partial charge is 0.284 e. The second-order valence-corrected chi connectivity index (χ2v) is 9.46. The van der Waals surface area contributed by atoms with Crippen LogP contribution in [0.3, 0.4) is 0 Å². The summed E-state index contributed by atoms with van der Waals surface area (Å²) in [6.07, 6.45) is 0. The van der Waals surface area contributed by atoms with Crippen molar-refractivity contribution >= 4 is 46.8 Å². The van der Waals surface area contributed by atoms with Gasteiger partial charge in [0.25, 0.3) is 30.4 Å². The third-order valence-electron chi connectivity index (χ3n) is 3.04. The van der Waals surface area contributed by atoms with E-state index in [0.29, 0.717) is 0 Å². The molecule has 0 unspecified atom stereocenters. The van der Waals surface area contributed by atoms with Crippen molar-refractivity contribution in [3.8, 4) is 0 Å². The fraction of sp³-hybridized carbons (Fsp3) is 0.167. The van der Waals surface area contributed by atoms with Gasteiger partial charge in [0.1, 0.15) is 4.90 Å². The molecule has 148 valence electrons. The zero-order valence-corrected chi connectivity index (χ0v) is 15.7. The van der Waals surface area contributed by atoms with E-state index in [1.165, 1.54) is 24.3 Å². The van der Waals surface area contributed by atoms with Crippen LogP contribution in [0.4, 0.5) is 5.69 Å². The average molecular weight is 439 g/mol. The minimum Gasteiger partial charge on any atom is -0.284 e. The lowest BCUT2D eigenvalue weighted by molar-refractivity contribution is 0.328. The molecule has 0 atom stereocenters. The van der Waals surface area contributed by atoms with E-state index in [1.54, 1.807) is 0 Å². The van der Waals surface area contributed by atoms with Crippen LogP contribution in [-0.2, 0) is 30.4 Å². The Morgan fingerprint density at radius 1 is 0.778 bits per heavy atom. The van der Waals surface area contributed by atoms with Crippen molar-refractivity contribution < 1.29 is 38.9 Å². The molecule has 3 N–H and O–H groups in total. The van der Waals surface area contributed by atoms with Gasteiger partial charge in [-0.15, -0.1) is 5.11 Å². The normalized spacial score (nSPS) is 13.3. The highest BCUT2D eigenvalue weighted by molar-refractivity contribution is 7.86. The number of rotatable bonds is 7. The lowest BCUT2D eigenvalue weighted by Gasteiger charge is -2.13. The summed E-state index contributed by atoms with van der Waals surface area (Å²) < 4.78 is 93.6. The first kappa shape index (κ1) is 21.1. The Labute approximate surface area is 154 Å². The minimum atomic E-state index is -4.68. The van der Waals surface area contributed by atoms with E-state index in [-0.39, 0.29) is 21.5 Å². The zero-order chi connectivity index (χ0) is 20.5. The monoisotopic (exact) mass is 439 g/mol. The molecule has 27 heavy (non-hydrogen) atoms. The molecule has 0 bridgehead atoms. The van der Waals surface area contributed by atoms with Gasteiger partial charge in [-0.1, -0.05) is 29.5 Å². The average Bonchev–Trinajstić information content (AvgIpc) is 2.48. The van der Waals surface area contributed by atoms with E-state index < -0.39 is 47.0 Å². The fourth-order valence-electron chi connectivity index (χ4n) is 2.14. The summed E-state index contributed by atoms with van der Waals surface area (Å²) >= 11 is 0. The summed E-state index contributed by atoms with van der Waals surface area (Å²) in [5, 5.41) is 7.59. The Hall–Kier alpha value is -2.17. The Balaban J connectivity index is 2.53. The first-order chi connectivity index (χ1) is 12.3. The fourth-order valence-corrected chi connectivity index (χ4v) is 4.00. The van der Waals surface area contributed by atoms with Gasteiger partial charge in [0.2, 0.25) is 0 Å². The predicted octanol–water partition coefficient (Wildman–Crippen LogP) is 1.08. The number of hydrogen-bond donors (Lipinski definition) is 3. The van der Waals surface area contributed by atoms with Gasteiger partial charge < -0.3 is 0 Å². The second kappa shape index (κ2) is 7.45. The summed E-state index contributed by atoms with van der Waals surface area (Å²) in [7, 11) is -13.9. The summed E-state index contributed by atoms with van der Waals surface area (Å²) in [5.41, 5.74) is 0.00803. The second-order valence-electron chi connectivity index (χ2n) is 5.22. The molecule has 2 aromatic rings. The van der Waals surface area contributed by atoms with E-state index >= 15 is 0 Å². The van der Waals surface area contributed by atoms with Crippen LogP contribution >= 0.6 is 0 Å². The highest BCUT2D eigenvalue weighted by Crippen LogP contribution is 2.31. The van der Waals surface area contributed by atoms with E-state index in [9.17, 15) is 29.8 Å².